The topological polar surface area (TPSA) is 43.8 Å². The van der Waals surface area contributed by atoms with Gasteiger partial charge < -0.3 is 5.11 Å². The molecule has 0 bridgehead atoms. The second kappa shape index (κ2) is 7.15. The van der Waals surface area contributed by atoms with Crippen molar-refractivity contribution in [3.05, 3.63) is 35.4 Å². The van der Waals surface area contributed by atoms with Crippen LogP contribution in [0.4, 0.5) is 8.78 Å². The van der Waals surface area contributed by atoms with Gasteiger partial charge in [0.05, 0.1) is 0 Å². The molecule has 6 heteroatoms. The van der Waals surface area contributed by atoms with E-state index in [0.717, 1.165) is 12.5 Å². The van der Waals surface area contributed by atoms with Crippen LogP contribution >= 0.6 is 0 Å². The lowest BCUT2D eigenvalue weighted by Crippen LogP contribution is -2.52. The fraction of sp³-hybridized carbons (Fsp3) is 0.562. The molecule has 1 aliphatic heterocycles. The highest BCUT2D eigenvalue weighted by Crippen LogP contribution is 2.28. The fourth-order valence-corrected chi connectivity index (χ4v) is 3.04. The Morgan fingerprint density at radius 1 is 1.23 bits per heavy atom. The maximum Gasteiger partial charge on any atom is 0.320 e. The van der Waals surface area contributed by atoms with Crippen LogP contribution in [0.5, 0.6) is 0 Å². The lowest BCUT2D eigenvalue weighted by molar-refractivity contribution is -0.143. The summed E-state index contributed by atoms with van der Waals surface area (Å²) < 4.78 is 27.1. The summed E-state index contributed by atoms with van der Waals surface area (Å²) in [7, 11) is 0. The summed E-state index contributed by atoms with van der Waals surface area (Å²) in [5, 5.41) is 9.06. The number of rotatable bonds is 5. The van der Waals surface area contributed by atoms with Gasteiger partial charge in [-0.3, -0.25) is 14.6 Å². The van der Waals surface area contributed by atoms with Crippen molar-refractivity contribution in [2.75, 3.05) is 26.2 Å². The molecule has 1 aliphatic rings. The Labute approximate surface area is 129 Å². The molecule has 122 valence electrons. The van der Waals surface area contributed by atoms with Gasteiger partial charge in [-0.05, 0) is 19.4 Å². The second-order valence-electron chi connectivity index (χ2n) is 5.68. The highest BCUT2D eigenvalue weighted by Gasteiger charge is 2.29. The number of aliphatic carboxylic acids is 1. The van der Waals surface area contributed by atoms with Gasteiger partial charge in [0, 0.05) is 43.9 Å². The summed E-state index contributed by atoms with van der Waals surface area (Å²) in [6.45, 7) is 6.26. The third kappa shape index (κ3) is 3.62. The van der Waals surface area contributed by atoms with E-state index in [1.807, 2.05) is 11.8 Å². The summed E-state index contributed by atoms with van der Waals surface area (Å²) in [6, 6.07) is 3.09. The average Bonchev–Trinajstić information content (AvgIpc) is 2.50. The molecule has 1 fully saturated rings. The molecule has 0 aromatic heterocycles. The first-order valence-electron chi connectivity index (χ1n) is 7.60. The lowest BCUT2D eigenvalue weighted by atomic mass is 10.0. The van der Waals surface area contributed by atoms with Gasteiger partial charge >= 0.3 is 5.97 Å². The molecule has 2 rings (SSSR count). The van der Waals surface area contributed by atoms with Crippen molar-refractivity contribution in [3.8, 4) is 0 Å². The third-order valence-corrected chi connectivity index (χ3v) is 4.40. The zero-order valence-electron chi connectivity index (χ0n) is 12.9. The number of halogens is 2. The number of carbonyl (C=O) groups is 1. The van der Waals surface area contributed by atoms with Crippen molar-refractivity contribution in [1.29, 1.82) is 0 Å². The molecule has 2 atom stereocenters. The molecule has 1 aromatic carbocycles. The largest absolute Gasteiger partial charge is 0.480 e. The first-order valence-corrected chi connectivity index (χ1v) is 7.60. The average molecular weight is 312 g/mol. The molecule has 0 spiro atoms. The predicted octanol–water partition coefficient (Wildman–Crippen LogP) is 2.51. The first-order chi connectivity index (χ1) is 10.4. The summed E-state index contributed by atoms with van der Waals surface area (Å²) in [6.07, 6.45) is 0.719. The van der Waals surface area contributed by atoms with Crippen LogP contribution in [0.2, 0.25) is 0 Å². The SMILES string of the molecule is CC[C@@H](c1ccc(F)cc1F)N1CCN([C@H](C)C(=O)O)CC1. The number of benzene rings is 1. The van der Waals surface area contributed by atoms with Gasteiger partial charge in [0.25, 0.3) is 0 Å². The van der Waals surface area contributed by atoms with Crippen LogP contribution in [-0.2, 0) is 4.79 Å². The van der Waals surface area contributed by atoms with E-state index in [9.17, 15) is 13.6 Å². The van der Waals surface area contributed by atoms with Crippen molar-refractivity contribution in [2.24, 2.45) is 0 Å². The molecule has 4 nitrogen and oxygen atoms in total. The molecule has 0 radical (unpaired) electrons. The Morgan fingerprint density at radius 2 is 1.82 bits per heavy atom. The zero-order valence-corrected chi connectivity index (χ0v) is 12.9. The maximum atomic E-state index is 14.0. The molecule has 0 unspecified atom stereocenters. The normalized spacial score (nSPS) is 19.8. The Balaban J connectivity index is 2.06. The number of hydrogen-bond acceptors (Lipinski definition) is 3. The van der Waals surface area contributed by atoms with E-state index in [1.54, 1.807) is 6.92 Å². The lowest BCUT2D eigenvalue weighted by Gasteiger charge is -2.40. The molecular weight excluding hydrogens is 290 g/mol. The minimum absolute atomic E-state index is 0.108. The van der Waals surface area contributed by atoms with Gasteiger partial charge in [0.2, 0.25) is 0 Å². The Morgan fingerprint density at radius 3 is 2.32 bits per heavy atom. The van der Waals surface area contributed by atoms with E-state index in [0.29, 0.717) is 31.7 Å². The molecule has 0 aliphatic carbocycles. The van der Waals surface area contributed by atoms with E-state index in [-0.39, 0.29) is 6.04 Å². The van der Waals surface area contributed by atoms with Crippen LogP contribution in [0.25, 0.3) is 0 Å². The molecular formula is C16H22F2N2O2. The van der Waals surface area contributed by atoms with Gasteiger partial charge in [0.15, 0.2) is 0 Å². The quantitative estimate of drug-likeness (QED) is 0.907. The van der Waals surface area contributed by atoms with E-state index < -0.39 is 23.6 Å². The molecule has 22 heavy (non-hydrogen) atoms. The summed E-state index contributed by atoms with van der Waals surface area (Å²) in [5.41, 5.74) is 0.503. The number of carboxylic acids is 1. The zero-order chi connectivity index (χ0) is 16.3. The van der Waals surface area contributed by atoms with Crippen molar-refractivity contribution < 1.29 is 18.7 Å². The number of piperazine rings is 1. The molecule has 1 N–H and O–H groups in total. The Kier molecular flexibility index (Phi) is 5.47. The third-order valence-electron chi connectivity index (χ3n) is 4.40. The summed E-state index contributed by atoms with van der Waals surface area (Å²) >= 11 is 0. The minimum Gasteiger partial charge on any atom is -0.480 e. The number of carboxylic acid groups (broad SMARTS) is 1. The smallest absolute Gasteiger partial charge is 0.320 e. The Hall–Kier alpha value is -1.53. The highest BCUT2D eigenvalue weighted by molar-refractivity contribution is 5.72. The van der Waals surface area contributed by atoms with Crippen LogP contribution in [-0.4, -0.2) is 53.1 Å². The van der Waals surface area contributed by atoms with Crippen molar-refractivity contribution in [2.45, 2.75) is 32.4 Å². The van der Waals surface area contributed by atoms with Gasteiger partial charge in [0.1, 0.15) is 17.7 Å². The predicted molar refractivity (Wildman–Crippen MR) is 79.6 cm³/mol. The number of nitrogens with zero attached hydrogens (tertiary/aromatic N) is 2. The number of hydrogen-bond donors (Lipinski definition) is 1. The maximum absolute atomic E-state index is 14.0. The second-order valence-corrected chi connectivity index (χ2v) is 5.68. The van der Waals surface area contributed by atoms with Crippen molar-refractivity contribution >= 4 is 5.97 Å². The van der Waals surface area contributed by atoms with E-state index in [4.69, 9.17) is 5.11 Å². The van der Waals surface area contributed by atoms with Crippen molar-refractivity contribution in [3.63, 3.8) is 0 Å². The summed E-state index contributed by atoms with van der Waals surface area (Å²) in [4.78, 5) is 15.1. The van der Waals surface area contributed by atoms with Crippen LogP contribution in [0.15, 0.2) is 18.2 Å². The Bertz CT molecular complexity index is 531. The van der Waals surface area contributed by atoms with Crippen LogP contribution in [0.3, 0.4) is 0 Å². The van der Waals surface area contributed by atoms with Gasteiger partial charge in [-0.2, -0.15) is 0 Å². The highest BCUT2D eigenvalue weighted by atomic mass is 19.1. The molecule has 1 aromatic rings. The standard InChI is InChI=1S/C16H22F2N2O2/c1-3-15(13-5-4-12(17)10-14(13)18)20-8-6-19(7-9-20)11(2)16(21)22/h4-5,10-11,15H,3,6-9H2,1-2H3,(H,21,22)/t11-,15+/m1/s1. The van der Waals surface area contributed by atoms with E-state index in [1.165, 1.54) is 12.1 Å². The molecule has 1 saturated heterocycles. The van der Waals surface area contributed by atoms with Crippen molar-refractivity contribution in [1.82, 2.24) is 9.80 Å². The fourth-order valence-electron chi connectivity index (χ4n) is 3.04. The molecule has 0 amide bonds. The van der Waals surface area contributed by atoms with Crippen LogP contribution in [0, 0.1) is 11.6 Å². The van der Waals surface area contributed by atoms with Crippen LogP contribution < -0.4 is 0 Å². The van der Waals surface area contributed by atoms with Crippen LogP contribution in [0.1, 0.15) is 31.9 Å². The van der Waals surface area contributed by atoms with Gasteiger partial charge in [-0.25, -0.2) is 8.78 Å². The first kappa shape index (κ1) is 16.8. The van der Waals surface area contributed by atoms with Gasteiger partial charge in [-0.1, -0.05) is 13.0 Å². The minimum atomic E-state index is -0.829. The summed E-state index contributed by atoms with van der Waals surface area (Å²) in [5.74, 6) is -1.92. The molecule has 0 saturated carbocycles. The van der Waals surface area contributed by atoms with Gasteiger partial charge in [-0.15, -0.1) is 0 Å². The monoisotopic (exact) mass is 312 g/mol. The van der Waals surface area contributed by atoms with E-state index >= 15 is 0 Å². The molecule has 1 heterocycles. The van der Waals surface area contributed by atoms with E-state index in [2.05, 4.69) is 4.90 Å².